The first-order chi connectivity index (χ1) is 12.2. The summed E-state index contributed by atoms with van der Waals surface area (Å²) in [7, 11) is 1.50. The first-order valence-electron chi connectivity index (χ1n) is 8.63. The molecule has 2 aromatic rings. The number of likely N-dealkylation sites (tertiary alicyclic amines) is 1. The average Bonchev–Trinajstić information content (AvgIpc) is 3.05. The van der Waals surface area contributed by atoms with Crippen molar-refractivity contribution in [3.05, 3.63) is 47.9 Å². The Balaban J connectivity index is 1.68. The predicted octanol–water partition coefficient (Wildman–Crippen LogP) is 3.82. The summed E-state index contributed by atoms with van der Waals surface area (Å²) in [4.78, 5) is 14.6. The van der Waals surface area contributed by atoms with Crippen molar-refractivity contribution in [3.63, 3.8) is 0 Å². The van der Waals surface area contributed by atoms with Gasteiger partial charge in [0, 0.05) is 13.1 Å². The molecule has 0 aliphatic carbocycles. The molecule has 1 fully saturated rings. The van der Waals surface area contributed by atoms with E-state index in [0.717, 1.165) is 43.6 Å². The first-order valence-corrected chi connectivity index (χ1v) is 8.63. The normalized spacial score (nSPS) is 17.8. The van der Waals surface area contributed by atoms with Gasteiger partial charge in [0.2, 0.25) is 0 Å². The van der Waals surface area contributed by atoms with Crippen molar-refractivity contribution in [1.29, 1.82) is 0 Å². The Hall–Kier alpha value is -2.63. The highest BCUT2D eigenvalue weighted by Crippen LogP contribution is 2.30. The van der Waals surface area contributed by atoms with Crippen molar-refractivity contribution in [1.82, 2.24) is 10.2 Å². The van der Waals surface area contributed by atoms with Crippen LogP contribution in [0.4, 0.5) is 4.79 Å². The van der Waals surface area contributed by atoms with E-state index in [-0.39, 0.29) is 17.8 Å². The minimum absolute atomic E-state index is 0.0214. The maximum atomic E-state index is 12.7. The summed E-state index contributed by atoms with van der Waals surface area (Å²) in [6, 6.07) is 8.73. The van der Waals surface area contributed by atoms with Gasteiger partial charge >= 0.3 is 6.03 Å². The van der Waals surface area contributed by atoms with E-state index < -0.39 is 0 Å². The lowest BCUT2D eigenvalue weighted by Crippen LogP contribution is -2.41. The molecule has 1 aromatic carbocycles. The molecule has 0 saturated carbocycles. The molecule has 6 heteroatoms. The van der Waals surface area contributed by atoms with E-state index in [2.05, 4.69) is 5.32 Å². The average molecular weight is 344 g/mol. The molecule has 3 rings (SSSR count). The van der Waals surface area contributed by atoms with Gasteiger partial charge in [-0.2, -0.15) is 0 Å². The highest BCUT2D eigenvalue weighted by Gasteiger charge is 2.28. The van der Waals surface area contributed by atoms with Gasteiger partial charge in [0.05, 0.1) is 19.4 Å². The van der Waals surface area contributed by atoms with Crippen molar-refractivity contribution in [2.45, 2.75) is 38.3 Å². The Morgan fingerprint density at radius 3 is 3.00 bits per heavy atom. The van der Waals surface area contributed by atoms with Crippen LogP contribution in [-0.2, 0) is 6.54 Å². The van der Waals surface area contributed by atoms with Gasteiger partial charge in [-0.05, 0) is 42.7 Å². The van der Waals surface area contributed by atoms with Gasteiger partial charge < -0.3 is 24.5 Å². The van der Waals surface area contributed by atoms with Crippen LogP contribution in [0.2, 0.25) is 0 Å². The van der Waals surface area contributed by atoms with Gasteiger partial charge in [0.1, 0.15) is 5.76 Å². The zero-order valence-corrected chi connectivity index (χ0v) is 14.4. The zero-order valence-electron chi connectivity index (χ0n) is 14.4. The largest absolute Gasteiger partial charge is 0.504 e. The number of rotatable bonds is 4. The number of nitrogens with zero attached hydrogens (tertiary/aromatic N) is 1. The molecule has 6 nitrogen and oxygen atoms in total. The van der Waals surface area contributed by atoms with Crippen molar-refractivity contribution in [3.8, 4) is 11.5 Å². The topological polar surface area (TPSA) is 74.9 Å². The molecule has 2 amide bonds. The number of aromatic hydroxyl groups is 1. The van der Waals surface area contributed by atoms with E-state index in [0.29, 0.717) is 12.3 Å². The third-order valence-corrected chi connectivity index (χ3v) is 4.57. The Labute approximate surface area is 147 Å². The summed E-state index contributed by atoms with van der Waals surface area (Å²) < 4.78 is 10.7. The van der Waals surface area contributed by atoms with Crippen LogP contribution in [0.1, 0.15) is 43.0 Å². The number of phenolic OH excluding ortho intramolecular Hbond substituents is 1. The summed E-state index contributed by atoms with van der Waals surface area (Å²) >= 11 is 0. The van der Waals surface area contributed by atoms with Crippen LogP contribution >= 0.6 is 0 Å². The highest BCUT2D eigenvalue weighted by atomic mass is 16.5. The Morgan fingerprint density at radius 2 is 2.24 bits per heavy atom. The summed E-state index contributed by atoms with van der Waals surface area (Å²) in [6.07, 6.45) is 5.77. The summed E-state index contributed by atoms with van der Waals surface area (Å²) in [5, 5.41) is 12.6. The number of methoxy groups -OCH3 is 1. The van der Waals surface area contributed by atoms with Gasteiger partial charge in [-0.25, -0.2) is 4.79 Å². The quantitative estimate of drug-likeness (QED) is 0.884. The van der Waals surface area contributed by atoms with Gasteiger partial charge in [0.15, 0.2) is 11.5 Å². The molecule has 25 heavy (non-hydrogen) atoms. The number of ether oxygens (including phenoxy) is 1. The molecule has 0 spiro atoms. The summed E-state index contributed by atoms with van der Waals surface area (Å²) in [5.41, 5.74) is 0.868. The van der Waals surface area contributed by atoms with E-state index in [9.17, 15) is 9.90 Å². The van der Waals surface area contributed by atoms with Gasteiger partial charge in [0.25, 0.3) is 0 Å². The number of hydrogen-bond acceptors (Lipinski definition) is 4. The minimum atomic E-state index is -0.102. The van der Waals surface area contributed by atoms with Gasteiger partial charge in [-0.1, -0.05) is 18.9 Å². The molecule has 0 bridgehead atoms. The smallest absolute Gasteiger partial charge is 0.318 e. The van der Waals surface area contributed by atoms with Crippen LogP contribution < -0.4 is 10.1 Å². The predicted molar refractivity (Wildman–Crippen MR) is 93.5 cm³/mol. The third kappa shape index (κ3) is 4.07. The van der Waals surface area contributed by atoms with Crippen molar-refractivity contribution >= 4 is 6.03 Å². The van der Waals surface area contributed by atoms with Crippen molar-refractivity contribution in [2.75, 3.05) is 13.7 Å². The maximum Gasteiger partial charge on any atom is 0.318 e. The highest BCUT2D eigenvalue weighted by molar-refractivity contribution is 5.74. The number of furan rings is 1. The monoisotopic (exact) mass is 344 g/mol. The Bertz CT molecular complexity index is 699. The standard InChI is InChI=1S/C19H24N2O4/c1-24-18-12-14(8-9-16(18)22)13-20-19(23)21-10-4-2-3-6-15(21)17-7-5-11-25-17/h5,7-9,11-12,15,22H,2-4,6,10,13H2,1H3,(H,20,23)/t15-/m1/s1. The van der Waals surface area contributed by atoms with Crippen LogP contribution in [0, 0.1) is 0 Å². The fourth-order valence-corrected chi connectivity index (χ4v) is 3.24. The van der Waals surface area contributed by atoms with Crippen molar-refractivity contribution < 1.29 is 19.1 Å². The molecule has 2 N–H and O–H groups in total. The van der Waals surface area contributed by atoms with Crippen LogP contribution in [0.25, 0.3) is 0 Å². The van der Waals surface area contributed by atoms with Gasteiger partial charge in [-0.3, -0.25) is 0 Å². The maximum absolute atomic E-state index is 12.7. The minimum Gasteiger partial charge on any atom is -0.504 e. The van der Waals surface area contributed by atoms with Crippen molar-refractivity contribution in [2.24, 2.45) is 0 Å². The number of carbonyl (C=O) groups excluding carboxylic acids is 1. The molecule has 1 atom stereocenters. The molecule has 0 unspecified atom stereocenters. The summed E-state index contributed by atoms with van der Waals surface area (Å²) in [5.74, 6) is 1.32. The lowest BCUT2D eigenvalue weighted by molar-refractivity contribution is 0.166. The van der Waals surface area contributed by atoms with E-state index in [1.165, 1.54) is 7.11 Å². The molecule has 0 radical (unpaired) electrons. The third-order valence-electron chi connectivity index (χ3n) is 4.57. The summed E-state index contributed by atoms with van der Waals surface area (Å²) in [6.45, 7) is 1.09. The number of benzene rings is 1. The second kappa shape index (κ2) is 7.96. The second-order valence-electron chi connectivity index (χ2n) is 6.24. The Morgan fingerprint density at radius 1 is 1.36 bits per heavy atom. The van der Waals surface area contributed by atoms with E-state index in [4.69, 9.17) is 9.15 Å². The van der Waals surface area contributed by atoms with E-state index in [1.807, 2.05) is 17.0 Å². The lowest BCUT2D eigenvalue weighted by atomic mass is 10.1. The zero-order chi connectivity index (χ0) is 17.6. The van der Waals surface area contributed by atoms with E-state index >= 15 is 0 Å². The van der Waals surface area contributed by atoms with Crippen LogP contribution in [0.15, 0.2) is 41.0 Å². The number of carbonyl (C=O) groups is 1. The molecule has 1 aromatic heterocycles. The molecule has 1 saturated heterocycles. The molecule has 134 valence electrons. The van der Waals surface area contributed by atoms with Crippen LogP contribution in [0.3, 0.4) is 0 Å². The molecule has 1 aliphatic heterocycles. The number of amides is 2. The fraction of sp³-hybridized carbons (Fsp3) is 0.421. The second-order valence-corrected chi connectivity index (χ2v) is 6.24. The number of nitrogens with one attached hydrogen (secondary N) is 1. The van der Waals surface area contributed by atoms with Crippen LogP contribution in [0.5, 0.6) is 11.5 Å². The van der Waals surface area contributed by atoms with E-state index in [1.54, 1.807) is 24.5 Å². The number of phenols is 1. The Kier molecular flexibility index (Phi) is 5.48. The molecule has 1 aliphatic rings. The fourth-order valence-electron chi connectivity index (χ4n) is 3.24. The van der Waals surface area contributed by atoms with Crippen LogP contribution in [-0.4, -0.2) is 29.7 Å². The number of hydrogen-bond donors (Lipinski definition) is 2. The first kappa shape index (κ1) is 17.2. The number of urea groups is 1. The van der Waals surface area contributed by atoms with Gasteiger partial charge in [-0.15, -0.1) is 0 Å². The molecule has 2 heterocycles. The SMILES string of the molecule is COc1cc(CNC(=O)N2CCCCC[C@@H]2c2ccco2)ccc1O. The molecular weight excluding hydrogens is 320 g/mol. The molecular formula is C19H24N2O4. The lowest BCUT2D eigenvalue weighted by Gasteiger charge is -2.28.